The van der Waals surface area contributed by atoms with E-state index in [1.165, 1.54) is 6.33 Å². The Morgan fingerprint density at radius 3 is 2.67 bits per heavy atom. The summed E-state index contributed by atoms with van der Waals surface area (Å²) in [5.41, 5.74) is 0.985. The van der Waals surface area contributed by atoms with E-state index in [-0.39, 0.29) is 6.42 Å². The molecule has 0 radical (unpaired) electrons. The first-order valence-corrected chi connectivity index (χ1v) is 3.74. The molecule has 0 aromatic carbocycles. The van der Waals surface area contributed by atoms with Gasteiger partial charge in [0.25, 0.3) is 0 Å². The second kappa shape index (κ2) is 4.43. The fraction of sp³-hybridized carbons (Fsp3) is 0.375. The van der Waals surface area contributed by atoms with Crippen LogP contribution in [0.5, 0.6) is 0 Å². The molecule has 4 nitrogen and oxygen atoms in total. The van der Waals surface area contributed by atoms with Crippen LogP contribution in [0.4, 0.5) is 0 Å². The van der Waals surface area contributed by atoms with Crippen LogP contribution in [0.25, 0.3) is 0 Å². The highest BCUT2D eigenvalue weighted by molar-refractivity contribution is 5.66. The van der Waals surface area contributed by atoms with E-state index in [4.69, 9.17) is 5.11 Å². The van der Waals surface area contributed by atoms with Crippen LogP contribution in [-0.2, 0) is 11.2 Å². The number of hydrogen-bond donors (Lipinski definition) is 1. The largest absolute Gasteiger partial charge is 0.481 e. The maximum absolute atomic E-state index is 10.2. The molecule has 0 aliphatic rings. The first-order valence-electron chi connectivity index (χ1n) is 3.74. The van der Waals surface area contributed by atoms with Crippen molar-refractivity contribution in [2.75, 3.05) is 0 Å². The molecule has 4 heteroatoms. The Labute approximate surface area is 70.3 Å². The maximum atomic E-state index is 10.2. The van der Waals surface area contributed by atoms with Crippen LogP contribution in [0.1, 0.15) is 18.4 Å². The summed E-state index contributed by atoms with van der Waals surface area (Å²) in [6.07, 6.45) is 6.44. The van der Waals surface area contributed by atoms with Gasteiger partial charge in [0.15, 0.2) is 0 Å². The number of carboxylic acids is 1. The van der Waals surface area contributed by atoms with Gasteiger partial charge >= 0.3 is 5.97 Å². The molecule has 12 heavy (non-hydrogen) atoms. The van der Waals surface area contributed by atoms with Crippen LogP contribution in [0.3, 0.4) is 0 Å². The highest BCUT2D eigenvalue weighted by Crippen LogP contribution is 2.00. The predicted octanol–water partition coefficient (Wildman–Crippen LogP) is 0.884. The van der Waals surface area contributed by atoms with Gasteiger partial charge < -0.3 is 5.11 Å². The summed E-state index contributed by atoms with van der Waals surface area (Å²) < 4.78 is 0. The first-order chi connectivity index (χ1) is 5.79. The van der Waals surface area contributed by atoms with E-state index in [0.717, 1.165) is 12.0 Å². The molecule has 0 aliphatic carbocycles. The Kier molecular flexibility index (Phi) is 3.19. The molecule has 0 unspecified atom stereocenters. The van der Waals surface area contributed by atoms with Gasteiger partial charge in [-0.2, -0.15) is 0 Å². The zero-order valence-electron chi connectivity index (χ0n) is 6.60. The van der Waals surface area contributed by atoms with Gasteiger partial charge in [-0.25, -0.2) is 9.97 Å². The van der Waals surface area contributed by atoms with Crippen LogP contribution >= 0.6 is 0 Å². The van der Waals surface area contributed by atoms with Crippen molar-refractivity contribution in [2.24, 2.45) is 0 Å². The van der Waals surface area contributed by atoms with E-state index < -0.39 is 5.97 Å². The Balaban J connectivity index is 2.29. The van der Waals surface area contributed by atoms with Crippen molar-refractivity contribution in [1.82, 2.24) is 9.97 Å². The zero-order chi connectivity index (χ0) is 8.81. The van der Waals surface area contributed by atoms with Gasteiger partial charge in [0, 0.05) is 18.8 Å². The minimum Gasteiger partial charge on any atom is -0.481 e. The normalized spacial score (nSPS) is 9.67. The molecule has 0 spiro atoms. The minimum absolute atomic E-state index is 0.203. The Bertz CT molecular complexity index is 248. The van der Waals surface area contributed by atoms with Crippen molar-refractivity contribution >= 4 is 5.97 Å². The van der Waals surface area contributed by atoms with Gasteiger partial charge in [0.05, 0.1) is 0 Å². The van der Waals surface area contributed by atoms with Gasteiger partial charge in [0.1, 0.15) is 6.33 Å². The van der Waals surface area contributed by atoms with Crippen molar-refractivity contribution in [2.45, 2.75) is 19.3 Å². The smallest absolute Gasteiger partial charge is 0.303 e. The number of rotatable bonds is 4. The molecule has 1 aromatic heterocycles. The molecule has 1 heterocycles. The van der Waals surface area contributed by atoms with E-state index in [1.807, 2.05) is 0 Å². The van der Waals surface area contributed by atoms with Gasteiger partial charge in [0.2, 0.25) is 0 Å². The summed E-state index contributed by atoms with van der Waals surface area (Å²) in [4.78, 5) is 17.8. The first kappa shape index (κ1) is 8.64. The van der Waals surface area contributed by atoms with Gasteiger partial charge in [-0.3, -0.25) is 4.79 Å². The monoisotopic (exact) mass is 166 g/mol. The van der Waals surface area contributed by atoms with Crippen LogP contribution < -0.4 is 0 Å². The molecule has 1 N–H and O–H groups in total. The third-order valence-corrected chi connectivity index (χ3v) is 1.47. The molecule has 1 aromatic rings. The molecule has 0 amide bonds. The molecule has 0 saturated heterocycles. The van der Waals surface area contributed by atoms with Gasteiger partial charge in [-0.15, -0.1) is 0 Å². The van der Waals surface area contributed by atoms with Crippen molar-refractivity contribution in [3.05, 3.63) is 24.3 Å². The summed E-state index contributed by atoms with van der Waals surface area (Å²) in [7, 11) is 0. The second-order valence-corrected chi connectivity index (χ2v) is 2.49. The lowest BCUT2D eigenvalue weighted by atomic mass is 10.1. The van der Waals surface area contributed by atoms with E-state index in [1.54, 1.807) is 12.4 Å². The van der Waals surface area contributed by atoms with E-state index in [0.29, 0.717) is 6.42 Å². The quantitative estimate of drug-likeness (QED) is 0.721. The Hall–Kier alpha value is -1.45. The summed E-state index contributed by atoms with van der Waals surface area (Å²) in [6.45, 7) is 0. The van der Waals surface area contributed by atoms with Gasteiger partial charge in [-0.1, -0.05) is 0 Å². The molecule has 0 saturated carbocycles. The van der Waals surface area contributed by atoms with Crippen molar-refractivity contribution < 1.29 is 9.90 Å². The van der Waals surface area contributed by atoms with Crippen LogP contribution in [0.15, 0.2) is 18.7 Å². The second-order valence-electron chi connectivity index (χ2n) is 2.49. The Morgan fingerprint density at radius 2 is 2.08 bits per heavy atom. The number of carboxylic acid groups (broad SMARTS) is 1. The SMILES string of the molecule is O=C(O)CCCc1cncnc1. The molecular formula is C8H10N2O2. The van der Waals surface area contributed by atoms with Crippen molar-refractivity contribution in [1.29, 1.82) is 0 Å². The summed E-state index contributed by atoms with van der Waals surface area (Å²) >= 11 is 0. The number of hydrogen-bond acceptors (Lipinski definition) is 3. The fourth-order valence-electron chi connectivity index (χ4n) is 0.903. The van der Waals surface area contributed by atoms with E-state index in [2.05, 4.69) is 9.97 Å². The number of aliphatic carboxylic acids is 1. The van der Waals surface area contributed by atoms with Crippen LogP contribution in [0, 0.1) is 0 Å². The third kappa shape index (κ3) is 3.09. The highest BCUT2D eigenvalue weighted by atomic mass is 16.4. The van der Waals surface area contributed by atoms with E-state index >= 15 is 0 Å². The molecule has 0 bridgehead atoms. The van der Waals surface area contributed by atoms with Crippen LogP contribution in [-0.4, -0.2) is 21.0 Å². The standard InChI is InChI=1S/C8H10N2O2/c11-8(12)3-1-2-7-4-9-6-10-5-7/h4-6H,1-3H2,(H,11,12). The third-order valence-electron chi connectivity index (χ3n) is 1.47. The topological polar surface area (TPSA) is 63.1 Å². The molecule has 0 atom stereocenters. The fourth-order valence-corrected chi connectivity index (χ4v) is 0.903. The lowest BCUT2D eigenvalue weighted by molar-refractivity contribution is -0.137. The number of aromatic nitrogens is 2. The lowest BCUT2D eigenvalue weighted by Crippen LogP contribution is -1.96. The van der Waals surface area contributed by atoms with Crippen molar-refractivity contribution in [3.63, 3.8) is 0 Å². The van der Waals surface area contributed by atoms with Crippen LogP contribution in [0.2, 0.25) is 0 Å². The molecule has 0 fully saturated rings. The number of nitrogens with zero attached hydrogens (tertiary/aromatic N) is 2. The average molecular weight is 166 g/mol. The molecule has 64 valence electrons. The molecular weight excluding hydrogens is 156 g/mol. The van der Waals surface area contributed by atoms with E-state index in [9.17, 15) is 4.79 Å². The maximum Gasteiger partial charge on any atom is 0.303 e. The zero-order valence-corrected chi connectivity index (χ0v) is 6.60. The predicted molar refractivity (Wildman–Crippen MR) is 42.6 cm³/mol. The molecule has 0 aliphatic heterocycles. The van der Waals surface area contributed by atoms with Crippen molar-refractivity contribution in [3.8, 4) is 0 Å². The average Bonchev–Trinajstić information content (AvgIpc) is 2.05. The Morgan fingerprint density at radius 1 is 1.42 bits per heavy atom. The number of carbonyl (C=O) groups is 1. The lowest BCUT2D eigenvalue weighted by Gasteiger charge is -1.96. The summed E-state index contributed by atoms with van der Waals surface area (Å²) in [6, 6.07) is 0. The van der Waals surface area contributed by atoms with Gasteiger partial charge in [-0.05, 0) is 18.4 Å². The molecule has 1 rings (SSSR count). The number of aryl methyl sites for hydroxylation is 1. The summed E-state index contributed by atoms with van der Waals surface area (Å²) in [5.74, 6) is -0.758. The minimum atomic E-state index is -0.758. The highest BCUT2D eigenvalue weighted by Gasteiger charge is 1.97. The summed E-state index contributed by atoms with van der Waals surface area (Å²) in [5, 5.41) is 8.36.